The average molecular weight is 390 g/mol. The Bertz CT molecular complexity index is 866. The molecular weight excluding hydrogens is 366 g/mol. The second-order valence-electron chi connectivity index (χ2n) is 6.58. The molecule has 0 aromatic heterocycles. The smallest absolute Gasteiger partial charge is 0.237 e. The summed E-state index contributed by atoms with van der Waals surface area (Å²) in [5.41, 5.74) is 3.21. The van der Waals surface area contributed by atoms with Crippen LogP contribution in [0.2, 0.25) is 0 Å². The molecule has 1 fully saturated rings. The third-order valence-corrected chi connectivity index (χ3v) is 7.34. The lowest BCUT2D eigenvalue weighted by Gasteiger charge is -2.28. The monoisotopic (exact) mass is 389 g/mol. The van der Waals surface area contributed by atoms with E-state index >= 15 is 0 Å². The van der Waals surface area contributed by atoms with Crippen LogP contribution in [0.25, 0.3) is 0 Å². The average Bonchev–Trinajstić information content (AvgIpc) is 2.97. The van der Waals surface area contributed by atoms with E-state index < -0.39 is 9.84 Å². The van der Waals surface area contributed by atoms with Crippen LogP contribution in [0.5, 0.6) is 0 Å². The Labute approximate surface area is 159 Å². The van der Waals surface area contributed by atoms with Gasteiger partial charge in [-0.15, -0.1) is 11.8 Å². The van der Waals surface area contributed by atoms with E-state index in [-0.39, 0.29) is 23.5 Å². The zero-order valence-corrected chi connectivity index (χ0v) is 16.4. The molecule has 1 saturated heterocycles. The summed E-state index contributed by atoms with van der Waals surface area (Å²) in [6.07, 6.45) is 0.505. The number of carbonyl (C=O) groups is 1. The number of thioether (sulfide) groups is 1. The number of anilines is 1. The maximum Gasteiger partial charge on any atom is 0.237 e. The standard InChI is InChI=1S/C20H23NO3S2/c1-16-7-5-6-8-17(16)13-25-14-20(22)21(18-9-3-2-4-10-18)19-11-12-26(23,24)15-19/h2-10,19H,11-15H2,1H3/t19-/m1/s1. The summed E-state index contributed by atoms with van der Waals surface area (Å²) < 4.78 is 23.8. The molecule has 0 aliphatic carbocycles. The molecule has 26 heavy (non-hydrogen) atoms. The van der Waals surface area contributed by atoms with Crippen LogP contribution in [0, 0.1) is 6.92 Å². The molecule has 0 unspecified atom stereocenters. The molecule has 2 aromatic carbocycles. The zero-order valence-electron chi connectivity index (χ0n) is 14.8. The molecule has 2 aromatic rings. The van der Waals surface area contributed by atoms with Crippen molar-refractivity contribution in [2.45, 2.75) is 25.1 Å². The molecule has 3 rings (SSSR count). The second kappa shape index (κ2) is 8.27. The van der Waals surface area contributed by atoms with Crippen molar-refractivity contribution in [2.24, 2.45) is 0 Å². The molecule has 4 nitrogen and oxygen atoms in total. The Hall–Kier alpha value is -1.79. The van der Waals surface area contributed by atoms with Crippen molar-refractivity contribution in [1.29, 1.82) is 0 Å². The van der Waals surface area contributed by atoms with Gasteiger partial charge in [0.15, 0.2) is 9.84 Å². The van der Waals surface area contributed by atoms with Gasteiger partial charge >= 0.3 is 0 Å². The molecule has 1 aliphatic heterocycles. The maximum atomic E-state index is 12.9. The van der Waals surface area contributed by atoms with Crippen LogP contribution in [-0.4, -0.2) is 37.6 Å². The van der Waals surface area contributed by atoms with Crippen molar-refractivity contribution in [2.75, 3.05) is 22.2 Å². The number of nitrogens with zero attached hydrogens (tertiary/aromatic N) is 1. The molecule has 0 spiro atoms. The summed E-state index contributed by atoms with van der Waals surface area (Å²) in [4.78, 5) is 14.6. The van der Waals surface area contributed by atoms with Gasteiger partial charge in [-0.25, -0.2) is 8.42 Å². The highest BCUT2D eigenvalue weighted by Gasteiger charge is 2.35. The van der Waals surface area contributed by atoms with Crippen molar-refractivity contribution in [3.8, 4) is 0 Å². The van der Waals surface area contributed by atoms with Crippen molar-refractivity contribution in [3.05, 3.63) is 65.7 Å². The molecule has 0 radical (unpaired) electrons. The van der Waals surface area contributed by atoms with Gasteiger partial charge in [-0.1, -0.05) is 42.5 Å². The fraction of sp³-hybridized carbons (Fsp3) is 0.350. The van der Waals surface area contributed by atoms with Crippen molar-refractivity contribution >= 4 is 33.2 Å². The Kier molecular flexibility index (Phi) is 6.04. The van der Waals surface area contributed by atoms with Gasteiger partial charge < -0.3 is 4.90 Å². The van der Waals surface area contributed by atoms with E-state index in [4.69, 9.17) is 0 Å². The first-order valence-electron chi connectivity index (χ1n) is 8.66. The van der Waals surface area contributed by atoms with Crippen LogP contribution in [0.3, 0.4) is 0 Å². The number of benzene rings is 2. The molecule has 1 atom stereocenters. The summed E-state index contributed by atoms with van der Waals surface area (Å²) in [6.45, 7) is 2.07. The van der Waals surface area contributed by atoms with E-state index in [9.17, 15) is 13.2 Å². The van der Waals surface area contributed by atoms with Gasteiger partial charge in [0.2, 0.25) is 5.91 Å². The third-order valence-electron chi connectivity index (χ3n) is 4.62. The summed E-state index contributed by atoms with van der Waals surface area (Å²) in [5, 5.41) is 0. The van der Waals surface area contributed by atoms with Gasteiger partial charge in [0, 0.05) is 11.4 Å². The number of para-hydroxylation sites is 1. The first kappa shape index (κ1) is 19.0. The van der Waals surface area contributed by atoms with E-state index in [2.05, 4.69) is 19.1 Å². The number of rotatable bonds is 6. The minimum Gasteiger partial charge on any atom is -0.308 e. The lowest BCUT2D eigenvalue weighted by atomic mass is 10.1. The molecule has 1 amide bonds. The Morgan fingerprint density at radius 3 is 2.46 bits per heavy atom. The van der Waals surface area contributed by atoms with Crippen LogP contribution in [0.15, 0.2) is 54.6 Å². The highest BCUT2D eigenvalue weighted by molar-refractivity contribution is 7.99. The van der Waals surface area contributed by atoms with Crippen LogP contribution in [0.1, 0.15) is 17.5 Å². The molecule has 0 saturated carbocycles. The Morgan fingerprint density at radius 2 is 1.81 bits per heavy atom. The fourth-order valence-electron chi connectivity index (χ4n) is 3.22. The van der Waals surface area contributed by atoms with Crippen LogP contribution in [0.4, 0.5) is 5.69 Å². The van der Waals surface area contributed by atoms with Crippen LogP contribution >= 0.6 is 11.8 Å². The van der Waals surface area contributed by atoms with E-state index in [1.807, 2.05) is 42.5 Å². The van der Waals surface area contributed by atoms with Crippen molar-refractivity contribution in [1.82, 2.24) is 0 Å². The third kappa shape index (κ3) is 4.68. The number of hydrogen-bond acceptors (Lipinski definition) is 4. The van der Waals surface area contributed by atoms with Gasteiger partial charge in [0.25, 0.3) is 0 Å². The van der Waals surface area contributed by atoms with E-state index in [0.717, 1.165) is 11.4 Å². The van der Waals surface area contributed by atoms with Crippen molar-refractivity contribution in [3.63, 3.8) is 0 Å². The molecule has 6 heteroatoms. The lowest BCUT2D eigenvalue weighted by Crippen LogP contribution is -2.42. The van der Waals surface area contributed by atoms with Gasteiger partial charge in [-0.3, -0.25) is 4.79 Å². The SMILES string of the molecule is Cc1ccccc1CSCC(=O)N(c1ccccc1)[C@@H]1CCS(=O)(=O)C1. The number of hydrogen-bond donors (Lipinski definition) is 0. The van der Waals surface area contributed by atoms with E-state index in [1.165, 1.54) is 11.1 Å². The maximum absolute atomic E-state index is 12.9. The van der Waals surface area contributed by atoms with E-state index in [1.54, 1.807) is 16.7 Å². The summed E-state index contributed by atoms with van der Waals surface area (Å²) >= 11 is 1.57. The quantitative estimate of drug-likeness (QED) is 0.759. The molecular formula is C20H23NO3S2. The number of sulfone groups is 1. The predicted octanol–water partition coefficient (Wildman–Crippen LogP) is 3.45. The Morgan fingerprint density at radius 1 is 1.12 bits per heavy atom. The number of amides is 1. The summed E-state index contributed by atoms with van der Waals surface area (Å²) in [7, 11) is -3.05. The van der Waals surface area contributed by atoms with Crippen LogP contribution in [-0.2, 0) is 20.4 Å². The highest BCUT2D eigenvalue weighted by Crippen LogP contribution is 2.26. The zero-order chi connectivity index (χ0) is 18.6. The normalized spacial score (nSPS) is 18.6. The van der Waals surface area contributed by atoms with Gasteiger partial charge in [0.05, 0.1) is 23.3 Å². The largest absolute Gasteiger partial charge is 0.308 e. The first-order chi connectivity index (χ1) is 12.5. The van der Waals surface area contributed by atoms with Gasteiger partial charge in [-0.05, 0) is 36.6 Å². The molecule has 1 aliphatic rings. The van der Waals surface area contributed by atoms with Crippen molar-refractivity contribution < 1.29 is 13.2 Å². The first-order valence-corrected chi connectivity index (χ1v) is 11.6. The molecule has 0 N–H and O–H groups in total. The van der Waals surface area contributed by atoms with Gasteiger partial charge in [-0.2, -0.15) is 0 Å². The fourth-order valence-corrected chi connectivity index (χ4v) is 5.88. The predicted molar refractivity (Wildman–Crippen MR) is 108 cm³/mol. The lowest BCUT2D eigenvalue weighted by molar-refractivity contribution is -0.116. The topological polar surface area (TPSA) is 54.5 Å². The Balaban J connectivity index is 1.70. The molecule has 1 heterocycles. The van der Waals surface area contributed by atoms with E-state index in [0.29, 0.717) is 12.2 Å². The number of carbonyl (C=O) groups excluding carboxylic acids is 1. The minimum absolute atomic E-state index is 0.0307. The van der Waals surface area contributed by atoms with Gasteiger partial charge in [0.1, 0.15) is 0 Å². The minimum atomic E-state index is -3.05. The number of aryl methyl sites for hydroxylation is 1. The second-order valence-corrected chi connectivity index (χ2v) is 9.79. The highest BCUT2D eigenvalue weighted by atomic mass is 32.2. The van der Waals surface area contributed by atoms with Crippen LogP contribution < -0.4 is 4.90 Å². The molecule has 0 bridgehead atoms. The summed E-state index contributed by atoms with van der Waals surface area (Å²) in [6, 6.07) is 17.3. The molecule has 138 valence electrons. The summed E-state index contributed by atoms with van der Waals surface area (Å²) in [5.74, 6) is 1.28.